The van der Waals surface area contributed by atoms with Gasteiger partial charge in [0.15, 0.2) is 0 Å². The van der Waals surface area contributed by atoms with Gasteiger partial charge in [0.1, 0.15) is 0 Å². The second-order valence-corrected chi connectivity index (χ2v) is 3.18. The number of aliphatic hydroxyl groups is 1. The van der Waals surface area contributed by atoms with Crippen LogP contribution in [0.1, 0.15) is 0 Å². The number of aromatic nitrogens is 1. The van der Waals surface area contributed by atoms with E-state index in [2.05, 4.69) is 22.8 Å². The largest absolute Gasteiger partial charge is 0.395 e. The summed E-state index contributed by atoms with van der Waals surface area (Å²) in [5, 5.41) is 8.89. The Hall–Kier alpha value is -1.54. The lowest BCUT2D eigenvalue weighted by Gasteiger charge is -2.06. The van der Waals surface area contributed by atoms with Crippen molar-refractivity contribution in [1.82, 2.24) is 4.57 Å². The summed E-state index contributed by atoms with van der Waals surface area (Å²) in [7, 11) is 0. The van der Waals surface area contributed by atoms with Crippen molar-refractivity contribution in [1.29, 1.82) is 0 Å². The van der Waals surface area contributed by atoms with Crippen LogP contribution < -0.4 is 0 Å². The van der Waals surface area contributed by atoms with Gasteiger partial charge >= 0.3 is 0 Å². The van der Waals surface area contributed by atoms with Crippen LogP contribution in [0.15, 0.2) is 48.7 Å². The smallest absolute Gasteiger partial charge is 0.0610 e. The van der Waals surface area contributed by atoms with E-state index in [1.54, 1.807) is 0 Å². The summed E-state index contributed by atoms with van der Waals surface area (Å²) in [5.74, 6) is 0. The fourth-order valence-electron chi connectivity index (χ4n) is 1.59. The predicted molar refractivity (Wildman–Crippen MR) is 57.0 cm³/mol. The van der Waals surface area contributed by atoms with Gasteiger partial charge < -0.3 is 9.67 Å². The van der Waals surface area contributed by atoms with Crippen molar-refractivity contribution in [2.75, 3.05) is 6.61 Å². The fraction of sp³-hybridized carbons (Fsp3) is 0.167. The van der Waals surface area contributed by atoms with Crippen LogP contribution in [0.4, 0.5) is 0 Å². The molecule has 0 atom stereocenters. The third kappa shape index (κ3) is 1.70. The van der Waals surface area contributed by atoms with Crippen molar-refractivity contribution < 1.29 is 5.11 Å². The predicted octanol–water partition coefficient (Wildman–Crippen LogP) is 2.15. The first-order chi connectivity index (χ1) is 6.92. The summed E-state index contributed by atoms with van der Waals surface area (Å²) in [5.41, 5.74) is 2.34. The molecule has 1 aromatic carbocycles. The van der Waals surface area contributed by atoms with E-state index in [4.69, 9.17) is 5.11 Å². The van der Waals surface area contributed by atoms with Gasteiger partial charge in [0.2, 0.25) is 0 Å². The van der Waals surface area contributed by atoms with E-state index in [1.165, 1.54) is 5.56 Å². The van der Waals surface area contributed by atoms with Crippen LogP contribution in [0.3, 0.4) is 0 Å². The summed E-state index contributed by atoms with van der Waals surface area (Å²) in [4.78, 5) is 0. The first kappa shape index (κ1) is 9.03. The highest BCUT2D eigenvalue weighted by Gasteiger charge is 2.01. The lowest BCUT2D eigenvalue weighted by molar-refractivity contribution is 0.277. The Balaban J connectivity index is 2.37. The van der Waals surface area contributed by atoms with E-state index in [-0.39, 0.29) is 6.61 Å². The molecular formula is C12H13NO. The molecule has 0 saturated heterocycles. The Morgan fingerprint density at radius 2 is 1.79 bits per heavy atom. The molecule has 0 saturated carbocycles. The van der Waals surface area contributed by atoms with E-state index in [0.717, 1.165) is 5.69 Å². The topological polar surface area (TPSA) is 25.2 Å². The third-order valence-corrected chi connectivity index (χ3v) is 2.24. The molecule has 2 rings (SSSR count). The van der Waals surface area contributed by atoms with Crippen molar-refractivity contribution in [2.24, 2.45) is 0 Å². The van der Waals surface area contributed by atoms with Gasteiger partial charge in [-0.1, -0.05) is 30.3 Å². The van der Waals surface area contributed by atoms with Crippen LogP contribution in [-0.2, 0) is 6.54 Å². The van der Waals surface area contributed by atoms with Crippen LogP contribution in [0.2, 0.25) is 0 Å². The van der Waals surface area contributed by atoms with Gasteiger partial charge in [-0.15, -0.1) is 0 Å². The molecule has 0 radical (unpaired) electrons. The van der Waals surface area contributed by atoms with Crippen molar-refractivity contribution in [2.45, 2.75) is 6.54 Å². The lowest BCUT2D eigenvalue weighted by atomic mass is 10.1. The van der Waals surface area contributed by atoms with Crippen LogP contribution in [-0.4, -0.2) is 16.3 Å². The molecule has 2 aromatic rings. The number of aliphatic hydroxyl groups excluding tert-OH is 1. The highest BCUT2D eigenvalue weighted by molar-refractivity contribution is 5.59. The maximum Gasteiger partial charge on any atom is 0.0610 e. The number of hydrogen-bond acceptors (Lipinski definition) is 1. The Labute approximate surface area is 83.4 Å². The molecule has 0 unspecified atom stereocenters. The molecule has 1 N–H and O–H groups in total. The second-order valence-electron chi connectivity index (χ2n) is 3.18. The summed E-state index contributed by atoms with van der Waals surface area (Å²) in [6, 6.07) is 14.2. The Morgan fingerprint density at radius 3 is 2.50 bits per heavy atom. The van der Waals surface area contributed by atoms with Gasteiger partial charge in [0.05, 0.1) is 6.61 Å². The minimum Gasteiger partial charge on any atom is -0.395 e. The minimum atomic E-state index is 0.175. The van der Waals surface area contributed by atoms with Crippen LogP contribution in [0, 0.1) is 0 Å². The van der Waals surface area contributed by atoms with Crippen LogP contribution in [0.25, 0.3) is 11.3 Å². The first-order valence-corrected chi connectivity index (χ1v) is 4.73. The van der Waals surface area contributed by atoms with E-state index in [0.29, 0.717) is 6.54 Å². The summed E-state index contributed by atoms with van der Waals surface area (Å²) in [6.45, 7) is 0.825. The molecule has 14 heavy (non-hydrogen) atoms. The molecule has 0 aliphatic carbocycles. The third-order valence-electron chi connectivity index (χ3n) is 2.24. The Kier molecular flexibility index (Phi) is 2.65. The average Bonchev–Trinajstić information content (AvgIpc) is 2.68. The molecule has 0 aliphatic rings. The second kappa shape index (κ2) is 4.11. The number of benzene rings is 1. The van der Waals surface area contributed by atoms with E-state index in [9.17, 15) is 0 Å². The van der Waals surface area contributed by atoms with Crippen molar-refractivity contribution in [3.63, 3.8) is 0 Å². The molecule has 2 nitrogen and oxygen atoms in total. The number of hydrogen-bond donors (Lipinski definition) is 1. The van der Waals surface area contributed by atoms with E-state index >= 15 is 0 Å². The zero-order chi connectivity index (χ0) is 9.80. The number of nitrogens with zero attached hydrogens (tertiary/aromatic N) is 1. The van der Waals surface area contributed by atoms with Gasteiger partial charge in [-0.3, -0.25) is 0 Å². The van der Waals surface area contributed by atoms with Crippen molar-refractivity contribution in [3.8, 4) is 11.3 Å². The summed E-state index contributed by atoms with van der Waals surface area (Å²) < 4.78 is 2.05. The molecule has 2 heteroatoms. The van der Waals surface area contributed by atoms with Crippen LogP contribution in [0.5, 0.6) is 0 Å². The minimum absolute atomic E-state index is 0.175. The van der Waals surface area contributed by atoms with Gasteiger partial charge in [0, 0.05) is 18.4 Å². The van der Waals surface area contributed by atoms with Crippen molar-refractivity contribution in [3.05, 3.63) is 48.7 Å². The quantitative estimate of drug-likeness (QED) is 0.782. The highest BCUT2D eigenvalue weighted by atomic mass is 16.3. The van der Waals surface area contributed by atoms with Crippen molar-refractivity contribution >= 4 is 0 Å². The maximum absolute atomic E-state index is 8.89. The molecule has 0 aliphatic heterocycles. The Morgan fingerprint density at radius 1 is 1.00 bits per heavy atom. The molecule has 1 aromatic heterocycles. The molecule has 0 fully saturated rings. The van der Waals surface area contributed by atoms with Gasteiger partial charge in [-0.05, 0) is 17.7 Å². The monoisotopic (exact) mass is 187 g/mol. The zero-order valence-electron chi connectivity index (χ0n) is 7.93. The first-order valence-electron chi connectivity index (χ1n) is 4.73. The lowest BCUT2D eigenvalue weighted by Crippen LogP contribution is -2.01. The molecule has 0 spiro atoms. The average molecular weight is 187 g/mol. The molecule has 1 heterocycles. The van der Waals surface area contributed by atoms with Gasteiger partial charge in [-0.2, -0.15) is 0 Å². The van der Waals surface area contributed by atoms with Gasteiger partial charge in [0.25, 0.3) is 0 Å². The SMILES string of the molecule is OCCn1cccc1-c1ccccc1. The molecule has 0 amide bonds. The van der Waals surface area contributed by atoms with Crippen LogP contribution >= 0.6 is 0 Å². The summed E-state index contributed by atoms with van der Waals surface area (Å²) >= 11 is 0. The fourth-order valence-corrected chi connectivity index (χ4v) is 1.59. The summed E-state index contributed by atoms with van der Waals surface area (Å²) in [6.07, 6.45) is 1.98. The number of rotatable bonds is 3. The molecule has 0 bridgehead atoms. The zero-order valence-corrected chi connectivity index (χ0v) is 7.93. The van der Waals surface area contributed by atoms with E-state index < -0.39 is 0 Å². The maximum atomic E-state index is 8.89. The standard InChI is InChI=1S/C12H13NO/c14-10-9-13-8-4-7-12(13)11-5-2-1-3-6-11/h1-8,14H,9-10H2. The Bertz CT molecular complexity index is 392. The highest BCUT2D eigenvalue weighted by Crippen LogP contribution is 2.19. The molecular weight excluding hydrogens is 174 g/mol. The van der Waals surface area contributed by atoms with E-state index in [1.807, 2.05) is 30.5 Å². The van der Waals surface area contributed by atoms with Gasteiger partial charge in [-0.25, -0.2) is 0 Å². The normalized spacial score (nSPS) is 10.4. The molecule has 72 valence electrons.